The van der Waals surface area contributed by atoms with E-state index in [1.165, 1.54) is 6.26 Å². The van der Waals surface area contributed by atoms with Crippen LogP contribution in [0.25, 0.3) is 0 Å². The van der Waals surface area contributed by atoms with E-state index in [9.17, 15) is 14.4 Å². The zero-order chi connectivity index (χ0) is 22.3. The van der Waals surface area contributed by atoms with Crippen LogP contribution in [-0.4, -0.2) is 35.8 Å². The fraction of sp³-hybridized carbons (Fsp3) is 0.240. The number of amides is 2. The van der Waals surface area contributed by atoms with Gasteiger partial charge in [0.2, 0.25) is 0 Å². The number of rotatable bonds is 6. The monoisotopic (exact) mass is 432 g/mol. The first-order valence-electron chi connectivity index (χ1n) is 10.5. The topological polar surface area (TPSA) is 88.9 Å². The Morgan fingerprint density at radius 1 is 0.938 bits per heavy atom. The molecule has 1 saturated heterocycles. The lowest BCUT2D eigenvalue weighted by atomic mass is 9.97. The lowest BCUT2D eigenvalue weighted by Gasteiger charge is -2.30. The van der Waals surface area contributed by atoms with Crippen LogP contribution in [0.2, 0.25) is 0 Å². The molecule has 1 aromatic heterocycles. The molecule has 164 valence electrons. The average molecular weight is 432 g/mol. The SMILES string of the molecule is O=C(Nc1ccccc1)c1ccc(COC(=O)C2CCN(C(=O)c3ccco3)CC2)cc1. The first-order chi connectivity index (χ1) is 15.6. The Labute approximate surface area is 186 Å². The van der Waals surface area contributed by atoms with Crippen molar-refractivity contribution in [3.05, 3.63) is 89.9 Å². The van der Waals surface area contributed by atoms with Gasteiger partial charge in [-0.05, 0) is 54.8 Å². The molecule has 1 fully saturated rings. The van der Waals surface area contributed by atoms with Crippen molar-refractivity contribution in [1.82, 2.24) is 4.90 Å². The summed E-state index contributed by atoms with van der Waals surface area (Å²) in [7, 11) is 0. The first-order valence-corrected chi connectivity index (χ1v) is 10.5. The van der Waals surface area contributed by atoms with Crippen molar-refractivity contribution in [3.8, 4) is 0 Å². The summed E-state index contributed by atoms with van der Waals surface area (Å²) in [5, 5.41) is 2.83. The number of carbonyl (C=O) groups excluding carboxylic acids is 3. The van der Waals surface area contributed by atoms with Gasteiger partial charge in [-0.3, -0.25) is 14.4 Å². The summed E-state index contributed by atoms with van der Waals surface area (Å²) >= 11 is 0. The average Bonchev–Trinajstić information content (AvgIpc) is 3.38. The molecule has 0 atom stereocenters. The van der Waals surface area contributed by atoms with E-state index in [0.717, 1.165) is 11.3 Å². The number of piperidine rings is 1. The van der Waals surface area contributed by atoms with Gasteiger partial charge < -0.3 is 19.4 Å². The second-order valence-electron chi connectivity index (χ2n) is 7.67. The summed E-state index contributed by atoms with van der Waals surface area (Å²) < 4.78 is 10.6. The van der Waals surface area contributed by atoms with E-state index in [1.54, 1.807) is 41.3 Å². The third-order valence-corrected chi connectivity index (χ3v) is 5.48. The van der Waals surface area contributed by atoms with Gasteiger partial charge in [0.15, 0.2) is 5.76 Å². The maximum absolute atomic E-state index is 12.4. The summed E-state index contributed by atoms with van der Waals surface area (Å²) in [5.74, 6) is -0.534. The van der Waals surface area contributed by atoms with Crippen LogP contribution in [0.1, 0.15) is 39.3 Å². The van der Waals surface area contributed by atoms with Crippen molar-refractivity contribution in [2.24, 2.45) is 5.92 Å². The normalized spacial score (nSPS) is 14.1. The summed E-state index contributed by atoms with van der Waals surface area (Å²) in [6.07, 6.45) is 2.59. The predicted molar refractivity (Wildman–Crippen MR) is 118 cm³/mol. The zero-order valence-corrected chi connectivity index (χ0v) is 17.5. The Morgan fingerprint density at radius 3 is 2.31 bits per heavy atom. The number of para-hydroxylation sites is 1. The number of nitrogens with one attached hydrogen (secondary N) is 1. The second-order valence-corrected chi connectivity index (χ2v) is 7.67. The highest BCUT2D eigenvalue weighted by Gasteiger charge is 2.29. The van der Waals surface area contributed by atoms with Crippen LogP contribution in [-0.2, 0) is 16.1 Å². The molecular weight excluding hydrogens is 408 g/mol. The van der Waals surface area contributed by atoms with Crippen LogP contribution in [0.3, 0.4) is 0 Å². The number of likely N-dealkylation sites (tertiary alicyclic amines) is 1. The fourth-order valence-corrected chi connectivity index (χ4v) is 3.62. The maximum Gasteiger partial charge on any atom is 0.309 e. The van der Waals surface area contributed by atoms with Crippen molar-refractivity contribution >= 4 is 23.5 Å². The van der Waals surface area contributed by atoms with Gasteiger partial charge in [-0.15, -0.1) is 0 Å². The minimum Gasteiger partial charge on any atom is -0.461 e. The Balaban J connectivity index is 1.23. The van der Waals surface area contributed by atoms with E-state index in [4.69, 9.17) is 9.15 Å². The molecule has 0 unspecified atom stereocenters. The van der Waals surface area contributed by atoms with Crippen LogP contribution in [0.15, 0.2) is 77.4 Å². The molecular formula is C25H24N2O5. The van der Waals surface area contributed by atoms with E-state index in [-0.39, 0.29) is 30.3 Å². The Hall–Kier alpha value is -3.87. The molecule has 0 aliphatic carbocycles. The van der Waals surface area contributed by atoms with Crippen LogP contribution < -0.4 is 5.32 Å². The molecule has 0 spiro atoms. The molecule has 1 N–H and O–H groups in total. The molecule has 4 rings (SSSR count). The molecule has 1 aliphatic heterocycles. The number of benzene rings is 2. The Bertz CT molecular complexity index is 1050. The molecule has 0 radical (unpaired) electrons. The Morgan fingerprint density at radius 2 is 1.66 bits per heavy atom. The molecule has 0 bridgehead atoms. The van der Waals surface area contributed by atoms with Gasteiger partial charge in [0.05, 0.1) is 12.2 Å². The highest BCUT2D eigenvalue weighted by atomic mass is 16.5. The molecule has 2 heterocycles. The minimum atomic E-state index is -0.263. The molecule has 7 heteroatoms. The molecule has 0 saturated carbocycles. The van der Waals surface area contributed by atoms with Gasteiger partial charge in [0.25, 0.3) is 11.8 Å². The standard InChI is InChI=1S/C25H24N2O5/c28-23(26-21-5-2-1-3-6-21)19-10-8-18(9-11-19)17-32-25(30)20-12-14-27(15-13-20)24(29)22-7-4-16-31-22/h1-11,16,20H,12-15,17H2,(H,26,28). The second kappa shape index (κ2) is 9.96. The van der Waals surface area contributed by atoms with Crippen LogP contribution in [0.5, 0.6) is 0 Å². The summed E-state index contributed by atoms with van der Waals surface area (Å²) in [5.41, 5.74) is 2.06. The van der Waals surface area contributed by atoms with Gasteiger partial charge in [0.1, 0.15) is 6.61 Å². The molecule has 32 heavy (non-hydrogen) atoms. The van der Waals surface area contributed by atoms with Gasteiger partial charge >= 0.3 is 5.97 Å². The van der Waals surface area contributed by atoms with Crippen LogP contribution >= 0.6 is 0 Å². The fourth-order valence-electron chi connectivity index (χ4n) is 3.62. The number of esters is 1. The third kappa shape index (κ3) is 5.24. The molecule has 7 nitrogen and oxygen atoms in total. The van der Waals surface area contributed by atoms with Crippen molar-refractivity contribution < 1.29 is 23.5 Å². The number of nitrogens with zero attached hydrogens (tertiary/aromatic N) is 1. The predicted octanol–water partition coefficient (Wildman–Crippen LogP) is 4.13. The van der Waals surface area contributed by atoms with E-state index < -0.39 is 0 Å². The number of hydrogen-bond acceptors (Lipinski definition) is 5. The maximum atomic E-state index is 12.4. The number of furan rings is 1. The van der Waals surface area contributed by atoms with Gasteiger partial charge in [0, 0.05) is 24.3 Å². The van der Waals surface area contributed by atoms with Crippen LogP contribution in [0, 0.1) is 5.92 Å². The number of carbonyl (C=O) groups is 3. The summed E-state index contributed by atoms with van der Waals surface area (Å²) in [6, 6.07) is 19.5. The van der Waals surface area contributed by atoms with Gasteiger partial charge in [-0.1, -0.05) is 30.3 Å². The highest BCUT2D eigenvalue weighted by Crippen LogP contribution is 2.21. The van der Waals surface area contributed by atoms with E-state index in [0.29, 0.717) is 37.3 Å². The lowest BCUT2D eigenvalue weighted by Crippen LogP contribution is -2.40. The largest absolute Gasteiger partial charge is 0.461 e. The lowest BCUT2D eigenvalue weighted by molar-refractivity contribution is -0.151. The number of hydrogen-bond donors (Lipinski definition) is 1. The minimum absolute atomic E-state index is 0.144. The van der Waals surface area contributed by atoms with Crippen molar-refractivity contribution in [1.29, 1.82) is 0 Å². The highest BCUT2D eigenvalue weighted by molar-refractivity contribution is 6.04. The molecule has 2 amide bonds. The summed E-state index contributed by atoms with van der Waals surface area (Å²) in [4.78, 5) is 38.8. The van der Waals surface area contributed by atoms with Crippen molar-refractivity contribution in [2.75, 3.05) is 18.4 Å². The molecule has 1 aliphatic rings. The first kappa shape index (κ1) is 21.4. The van der Waals surface area contributed by atoms with E-state index in [2.05, 4.69) is 5.32 Å². The molecule has 3 aromatic rings. The smallest absolute Gasteiger partial charge is 0.309 e. The molecule has 2 aromatic carbocycles. The van der Waals surface area contributed by atoms with Crippen molar-refractivity contribution in [3.63, 3.8) is 0 Å². The number of anilines is 1. The zero-order valence-electron chi connectivity index (χ0n) is 17.5. The van der Waals surface area contributed by atoms with Crippen molar-refractivity contribution in [2.45, 2.75) is 19.4 Å². The van der Waals surface area contributed by atoms with Gasteiger partial charge in [-0.25, -0.2) is 0 Å². The quantitative estimate of drug-likeness (QED) is 0.592. The van der Waals surface area contributed by atoms with Crippen LogP contribution in [0.4, 0.5) is 5.69 Å². The van der Waals surface area contributed by atoms with Gasteiger partial charge in [-0.2, -0.15) is 0 Å². The van der Waals surface area contributed by atoms with E-state index in [1.807, 2.05) is 30.3 Å². The van der Waals surface area contributed by atoms with E-state index >= 15 is 0 Å². The Kier molecular flexibility index (Phi) is 6.65. The third-order valence-electron chi connectivity index (χ3n) is 5.48. The summed E-state index contributed by atoms with van der Waals surface area (Å²) in [6.45, 7) is 1.13. The number of ether oxygens (including phenoxy) is 1.